The summed E-state index contributed by atoms with van der Waals surface area (Å²) in [6, 6.07) is 12.5. The standard InChI is InChI=1S/C14H17NOS/c1-11(14-7-4-8-17-14)15-9-12-5-2-3-6-13(12)10-16/h2-8,11,15-16H,9-10H2,1H3. The number of aliphatic hydroxyl groups excluding tert-OH is 1. The number of nitrogens with one attached hydrogen (secondary N) is 1. The SMILES string of the molecule is CC(NCc1ccccc1CO)c1cccs1. The van der Waals surface area contributed by atoms with Gasteiger partial charge in [-0.1, -0.05) is 30.3 Å². The van der Waals surface area contributed by atoms with Crippen molar-refractivity contribution in [1.29, 1.82) is 0 Å². The Kier molecular flexibility index (Phi) is 4.31. The van der Waals surface area contributed by atoms with E-state index in [1.807, 2.05) is 18.2 Å². The second kappa shape index (κ2) is 5.96. The lowest BCUT2D eigenvalue weighted by atomic mass is 10.1. The van der Waals surface area contributed by atoms with Gasteiger partial charge in [0.05, 0.1) is 6.61 Å². The van der Waals surface area contributed by atoms with E-state index in [1.165, 1.54) is 10.4 Å². The Morgan fingerprint density at radius 1 is 1.18 bits per heavy atom. The number of rotatable bonds is 5. The molecule has 0 radical (unpaired) electrons. The minimum absolute atomic E-state index is 0.102. The van der Waals surface area contributed by atoms with Gasteiger partial charge >= 0.3 is 0 Å². The molecule has 0 aliphatic carbocycles. The van der Waals surface area contributed by atoms with Gasteiger partial charge in [-0.15, -0.1) is 11.3 Å². The molecule has 0 bridgehead atoms. The maximum absolute atomic E-state index is 9.24. The maximum Gasteiger partial charge on any atom is 0.0685 e. The van der Waals surface area contributed by atoms with E-state index in [0.29, 0.717) is 6.04 Å². The van der Waals surface area contributed by atoms with E-state index in [1.54, 1.807) is 11.3 Å². The largest absolute Gasteiger partial charge is 0.392 e. The fraction of sp³-hybridized carbons (Fsp3) is 0.286. The lowest BCUT2D eigenvalue weighted by molar-refractivity contribution is 0.280. The summed E-state index contributed by atoms with van der Waals surface area (Å²) in [5.74, 6) is 0. The second-order valence-corrected chi connectivity index (χ2v) is 5.02. The van der Waals surface area contributed by atoms with Crippen LogP contribution in [0.2, 0.25) is 0 Å². The van der Waals surface area contributed by atoms with Crippen LogP contribution in [0.4, 0.5) is 0 Å². The van der Waals surface area contributed by atoms with E-state index >= 15 is 0 Å². The van der Waals surface area contributed by atoms with Crippen molar-refractivity contribution < 1.29 is 5.11 Å². The molecule has 0 spiro atoms. The van der Waals surface area contributed by atoms with Crippen molar-refractivity contribution in [1.82, 2.24) is 5.32 Å². The third-order valence-electron chi connectivity index (χ3n) is 2.86. The zero-order valence-electron chi connectivity index (χ0n) is 9.89. The highest BCUT2D eigenvalue weighted by molar-refractivity contribution is 7.10. The molecule has 0 amide bonds. The summed E-state index contributed by atoms with van der Waals surface area (Å²) in [6.45, 7) is 3.05. The molecule has 0 saturated carbocycles. The van der Waals surface area contributed by atoms with Crippen molar-refractivity contribution in [3.63, 3.8) is 0 Å². The van der Waals surface area contributed by atoms with Gasteiger partial charge in [0.1, 0.15) is 0 Å². The first-order chi connectivity index (χ1) is 8.31. The number of benzene rings is 1. The summed E-state index contributed by atoms with van der Waals surface area (Å²) in [6.07, 6.45) is 0. The molecule has 2 aromatic rings. The molecule has 1 heterocycles. The summed E-state index contributed by atoms with van der Waals surface area (Å²) < 4.78 is 0. The molecule has 1 aromatic heterocycles. The highest BCUT2D eigenvalue weighted by Crippen LogP contribution is 2.19. The summed E-state index contributed by atoms with van der Waals surface area (Å²) >= 11 is 1.76. The fourth-order valence-corrected chi connectivity index (χ4v) is 2.54. The molecule has 0 aliphatic heterocycles. The Morgan fingerprint density at radius 2 is 1.94 bits per heavy atom. The van der Waals surface area contributed by atoms with Crippen molar-refractivity contribution in [3.05, 3.63) is 57.8 Å². The van der Waals surface area contributed by atoms with Crippen LogP contribution in [-0.4, -0.2) is 5.11 Å². The predicted molar refractivity (Wildman–Crippen MR) is 71.9 cm³/mol. The second-order valence-electron chi connectivity index (χ2n) is 4.04. The minimum atomic E-state index is 0.102. The van der Waals surface area contributed by atoms with Gasteiger partial charge < -0.3 is 10.4 Å². The molecule has 0 saturated heterocycles. The van der Waals surface area contributed by atoms with E-state index < -0.39 is 0 Å². The van der Waals surface area contributed by atoms with E-state index in [-0.39, 0.29) is 6.61 Å². The zero-order chi connectivity index (χ0) is 12.1. The van der Waals surface area contributed by atoms with Gasteiger partial charge in [-0.25, -0.2) is 0 Å². The quantitative estimate of drug-likeness (QED) is 0.851. The topological polar surface area (TPSA) is 32.3 Å². The summed E-state index contributed by atoms with van der Waals surface area (Å²) in [7, 11) is 0. The first kappa shape index (κ1) is 12.3. The van der Waals surface area contributed by atoms with Crippen LogP contribution in [0.3, 0.4) is 0 Å². The van der Waals surface area contributed by atoms with Crippen molar-refractivity contribution in [2.24, 2.45) is 0 Å². The lowest BCUT2D eigenvalue weighted by Gasteiger charge is -2.14. The van der Waals surface area contributed by atoms with Crippen LogP contribution >= 0.6 is 11.3 Å². The Bertz CT molecular complexity index is 453. The first-order valence-corrected chi connectivity index (χ1v) is 6.63. The van der Waals surface area contributed by atoms with Crippen molar-refractivity contribution >= 4 is 11.3 Å². The third-order valence-corrected chi connectivity index (χ3v) is 3.91. The smallest absolute Gasteiger partial charge is 0.0685 e. The van der Waals surface area contributed by atoms with Gasteiger partial charge in [0.2, 0.25) is 0 Å². The molecule has 2 N–H and O–H groups in total. The highest BCUT2D eigenvalue weighted by Gasteiger charge is 2.06. The van der Waals surface area contributed by atoms with Gasteiger partial charge in [0, 0.05) is 17.5 Å². The number of hydrogen-bond donors (Lipinski definition) is 2. The average Bonchev–Trinajstić information content (AvgIpc) is 2.90. The van der Waals surface area contributed by atoms with Crippen LogP contribution in [0.1, 0.15) is 29.0 Å². The summed E-state index contributed by atoms with van der Waals surface area (Å²) in [5, 5.41) is 14.8. The number of hydrogen-bond acceptors (Lipinski definition) is 3. The van der Waals surface area contributed by atoms with Gasteiger partial charge in [0.25, 0.3) is 0 Å². The number of aliphatic hydroxyl groups is 1. The van der Waals surface area contributed by atoms with E-state index in [9.17, 15) is 5.11 Å². The molecule has 1 unspecified atom stereocenters. The van der Waals surface area contributed by atoms with Gasteiger partial charge in [-0.2, -0.15) is 0 Å². The third kappa shape index (κ3) is 3.16. The van der Waals surface area contributed by atoms with Crippen molar-refractivity contribution in [2.45, 2.75) is 26.1 Å². The minimum Gasteiger partial charge on any atom is -0.392 e. The Hall–Kier alpha value is -1.16. The molecule has 1 atom stereocenters. The summed E-state index contributed by atoms with van der Waals surface area (Å²) in [5.41, 5.74) is 2.16. The van der Waals surface area contributed by atoms with Gasteiger partial charge in [-0.05, 0) is 29.5 Å². The molecule has 1 aromatic carbocycles. The van der Waals surface area contributed by atoms with Crippen LogP contribution in [0.25, 0.3) is 0 Å². The van der Waals surface area contributed by atoms with E-state index in [2.05, 4.69) is 35.8 Å². The van der Waals surface area contributed by atoms with Gasteiger partial charge in [0.15, 0.2) is 0 Å². The molecule has 90 valence electrons. The first-order valence-electron chi connectivity index (χ1n) is 5.75. The lowest BCUT2D eigenvalue weighted by Crippen LogP contribution is -2.18. The Morgan fingerprint density at radius 3 is 2.59 bits per heavy atom. The van der Waals surface area contributed by atoms with Crippen molar-refractivity contribution in [2.75, 3.05) is 0 Å². The van der Waals surface area contributed by atoms with Crippen molar-refractivity contribution in [3.8, 4) is 0 Å². The molecule has 3 heteroatoms. The van der Waals surface area contributed by atoms with Crippen LogP contribution in [0.5, 0.6) is 0 Å². The summed E-state index contributed by atoms with van der Waals surface area (Å²) in [4.78, 5) is 1.34. The molecule has 0 aliphatic rings. The molecular formula is C14H17NOS. The molecule has 17 heavy (non-hydrogen) atoms. The van der Waals surface area contributed by atoms with Crippen LogP contribution < -0.4 is 5.32 Å². The van der Waals surface area contributed by atoms with E-state index in [0.717, 1.165) is 12.1 Å². The van der Waals surface area contributed by atoms with Crippen LogP contribution in [0, 0.1) is 0 Å². The molecule has 2 nitrogen and oxygen atoms in total. The Labute approximate surface area is 106 Å². The predicted octanol–water partition coefficient (Wildman–Crippen LogP) is 3.09. The van der Waals surface area contributed by atoms with Crippen LogP contribution in [-0.2, 0) is 13.2 Å². The van der Waals surface area contributed by atoms with Crippen LogP contribution in [0.15, 0.2) is 41.8 Å². The monoisotopic (exact) mass is 247 g/mol. The highest BCUT2D eigenvalue weighted by atomic mass is 32.1. The molecule has 0 fully saturated rings. The normalized spacial score (nSPS) is 12.6. The Balaban J connectivity index is 1.98. The zero-order valence-corrected chi connectivity index (χ0v) is 10.7. The molecular weight excluding hydrogens is 230 g/mol. The van der Waals surface area contributed by atoms with Gasteiger partial charge in [-0.3, -0.25) is 0 Å². The van der Waals surface area contributed by atoms with E-state index in [4.69, 9.17) is 0 Å². The maximum atomic E-state index is 9.24. The molecule has 2 rings (SSSR count). The fourth-order valence-electron chi connectivity index (χ4n) is 1.79. The average molecular weight is 247 g/mol. The number of thiophene rings is 1.